The zero-order valence-corrected chi connectivity index (χ0v) is 10.4. The predicted octanol–water partition coefficient (Wildman–Crippen LogP) is 1.99. The Kier molecular flexibility index (Phi) is 6.10. The van der Waals surface area contributed by atoms with Crippen molar-refractivity contribution in [3.05, 3.63) is 29.8 Å². The van der Waals surface area contributed by atoms with Gasteiger partial charge in [-0.15, -0.1) is 0 Å². The maximum atomic E-state index is 10.5. The van der Waals surface area contributed by atoms with Crippen LogP contribution < -0.4 is 5.32 Å². The van der Waals surface area contributed by atoms with Crippen molar-refractivity contribution in [2.45, 2.75) is 13.8 Å². The van der Waals surface area contributed by atoms with Crippen LogP contribution in [0.1, 0.15) is 12.5 Å². The summed E-state index contributed by atoms with van der Waals surface area (Å²) in [6.07, 6.45) is 0. The maximum Gasteiger partial charge on any atom is 0.302 e. The van der Waals surface area contributed by atoms with E-state index in [4.69, 9.17) is 9.47 Å². The predicted molar refractivity (Wildman–Crippen MR) is 67.1 cm³/mol. The second kappa shape index (κ2) is 7.68. The molecule has 0 bridgehead atoms. The third-order valence-corrected chi connectivity index (χ3v) is 2.13. The lowest BCUT2D eigenvalue weighted by Crippen LogP contribution is -2.13. The fourth-order valence-electron chi connectivity index (χ4n) is 1.37. The van der Waals surface area contributed by atoms with Crippen LogP contribution in [0.4, 0.5) is 5.69 Å². The molecule has 0 unspecified atom stereocenters. The van der Waals surface area contributed by atoms with E-state index in [2.05, 4.69) is 24.4 Å². The van der Waals surface area contributed by atoms with E-state index in [0.29, 0.717) is 19.8 Å². The van der Waals surface area contributed by atoms with Gasteiger partial charge >= 0.3 is 5.97 Å². The van der Waals surface area contributed by atoms with Gasteiger partial charge in [-0.1, -0.05) is 12.1 Å². The molecule has 0 radical (unpaired) electrons. The Bertz CT molecular complexity index is 352. The van der Waals surface area contributed by atoms with Crippen molar-refractivity contribution in [1.29, 1.82) is 0 Å². The number of hydrogen-bond acceptors (Lipinski definition) is 4. The highest BCUT2D eigenvalue weighted by molar-refractivity contribution is 5.65. The van der Waals surface area contributed by atoms with Gasteiger partial charge < -0.3 is 14.8 Å². The molecule has 0 amide bonds. The first-order chi connectivity index (χ1) is 8.18. The van der Waals surface area contributed by atoms with Gasteiger partial charge in [-0.3, -0.25) is 4.79 Å². The summed E-state index contributed by atoms with van der Waals surface area (Å²) in [5.74, 6) is -0.272. The van der Waals surface area contributed by atoms with Crippen molar-refractivity contribution >= 4 is 11.7 Å². The lowest BCUT2D eigenvalue weighted by atomic mass is 10.2. The van der Waals surface area contributed by atoms with Crippen molar-refractivity contribution < 1.29 is 14.3 Å². The second-order valence-electron chi connectivity index (χ2n) is 3.75. The van der Waals surface area contributed by atoms with Crippen molar-refractivity contribution in [3.63, 3.8) is 0 Å². The van der Waals surface area contributed by atoms with Gasteiger partial charge in [0, 0.05) is 19.2 Å². The molecule has 0 saturated carbocycles. The van der Waals surface area contributed by atoms with E-state index in [9.17, 15) is 4.79 Å². The molecule has 1 rings (SSSR count). The number of esters is 1. The van der Waals surface area contributed by atoms with E-state index in [1.54, 1.807) is 0 Å². The molecule has 0 aliphatic rings. The molecule has 1 aromatic rings. The van der Waals surface area contributed by atoms with Gasteiger partial charge in [0.1, 0.15) is 6.61 Å². The van der Waals surface area contributed by atoms with Gasteiger partial charge in [-0.2, -0.15) is 0 Å². The fourth-order valence-corrected chi connectivity index (χ4v) is 1.37. The maximum absolute atomic E-state index is 10.5. The van der Waals surface area contributed by atoms with Crippen LogP contribution in [0.2, 0.25) is 0 Å². The molecule has 0 saturated heterocycles. The summed E-state index contributed by atoms with van der Waals surface area (Å²) in [7, 11) is 0. The van der Waals surface area contributed by atoms with E-state index < -0.39 is 0 Å². The average Bonchev–Trinajstić information content (AvgIpc) is 2.27. The summed E-state index contributed by atoms with van der Waals surface area (Å²) in [6, 6.07) is 8.17. The highest BCUT2D eigenvalue weighted by Gasteiger charge is 1.94. The Morgan fingerprint density at radius 2 is 2.12 bits per heavy atom. The molecule has 0 spiro atoms. The molecular weight excluding hydrogens is 218 g/mol. The Labute approximate surface area is 102 Å². The number of aryl methyl sites for hydroxylation is 1. The van der Waals surface area contributed by atoms with Crippen molar-refractivity contribution in [1.82, 2.24) is 0 Å². The van der Waals surface area contributed by atoms with Crippen molar-refractivity contribution in [2.24, 2.45) is 0 Å². The number of nitrogens with one attached hydrogen (secondary N) is 1. The van der Waals surface area contributed by atoms with Crippen LogP contribution in [0.5, 0.6) is 0 Å². The molecule has 4 nitrogen and oxygen atoms in total. The normalized spacial score (nSPS) is 10.0. The largest absolute Gasteiger partial charge is 0.463 e. The third kappa shape index (κ3) is 6.58. The number of benzene rings is 1. The Hall–Kier alpha value is -1.55. The summed E-state index contributed by atoms with van der Waals surface area (Å²) < 4.78 is 10.0. The lowest BCUT2D eigenvalue weighted by Gasteiger charge is -2.08. The van der Waals surface area contributed by atoms with Gasteiger partial charge in [0.05, 0.1) is 13.2 Å². The molecule has 0 fully saturated rings. The third-order valence-electron chi connectivity index (χ3n) is 2.13. The summed E-state index contributed by atoms with van der Waals surface area (Å²) >= 11 is 0. The summed E-state index contributed by atoms with van der Waals surface area (Å²) in [5, 5.41) is 3.25. The number of anilines is 1. The number of carbonyl (C=O) groups excluding carboxylic acids is 1. The summed E-state index contributed by atoms with van der Waals surface area (Å²) in [4.78, 5) is 10.5. The zero-order chi connectivity index (χ0) is 12.5. The van der Waals surface area contributed by atoms with E-state index >= 15 is 0 Å². The van der Waals surface area contributed by atoms with Crippen LogP contribution in [0.15, 0.2) is 24.3 Å². The zero-order valence-electron chi connectivity index (χ0n) is 10.4. The second-order valence-corrected chi connectivity index (χ2v) is 3.75. The number of hydrogen-bond donors (Lipinski definition) is 1. The minimum atomic E-state index is -0.272. The molecule has 94 valence electrons. The quantitative estimate of drug-likeness (QED) is 0.582. The molecule has 0 atom stereocenters. The Morgan fingerprint density at radius 3 is 2.82 bits per heavy atom. The highest BCUT2D eigenvalue weighted by Crippen LogP contribution is 2.08. The van der Waals surface area contributed by atoms with E-state index in [1.165, 1.54) is 12.5 Å². The fraction of sp³-hybridized carbons (Fsp3) is 0.462. The molecule has 4 heteroatoms. The Balaban J connectivity index is 2.03. The molecule has 17 heavy (non-hydrogen) atoms. The SMILES string of the molecule is CC(=O)OCCOCCNc1cccc(C)c1. The van der Waals surface area contributed by atoms with Crippen molar-refractivity contribution in [3.8, 4) is 0 Å². The molecule has 1 N–H and O–H groups in total. The smallest absolute Gasteiger partial charge is 0.302 e. The molecule has 0 aliphatic heterocycles. The standard InChI is InChI=1S/C13H19NO3/c1-11-4-3-5-13(10-11)14-6-7-16-8-9-17-12(2)15/h3-5,10,14H,6-9H2,1-2H3. The first-order valence-corrected chi connectivity index (χ1v) is 5.70. The van der Waals surface area contributed by atoms with Crippen LogP contribution in [0.3, 0.4) is 0 Å². The number of carbonyl (C=O) groups is 1. The molecule has 0 aromatic heterocycles. The van der Waals surface area contributed by atoms with Gasteiger partial charge in [0.15, 0.2) is 0 Å². The molecular formula is C13H19NO3. The van der Waals surface area contributed by atoms with E-state index in [0.717, 1.165) is 12.2 Å². The molecule has 1 aromatic carbocycles. The minimum Gasteiger partial charge on any atom is -0.463 e. The van der Waals surface area contributed by atoms with Gasteiger partial charge in [0.25, 0.3) is 0 Å². The van der Waals surface area contributed by atoms with E-state index in [-0.39, 0.29) is 5.97 Å². The van der Waals surface area contributed by atoms with E-state index in [1.807, 2.05) is 12.1 Å². The lowest BCUT2D eigenvalue weighted by molar-refractivity contribution is -0.142. The summed E-state index contributed by atoms with van der Waals surface area (Å²) in [6.45, 7) is 5.54. The number of rotatable bonds is 7. The van der Waals surface area contributed by atoms with Crippen molar-refractivity contribution in [2.75, 3.05) is 31.7 Å². The van der Waals surface area contributed by atoms with Crippen LogP contribution in [-0.2, 0) is 14.3 Å². The van der Waals surface area contributed by atoms with Gasteiger partial charge in [0.2, 0.25) is 0 Å². The molecule has 0 aliphatic carbocycles. The average molecular weight is 237 g/mol. The highest BCUT2D eigenvalue weighted by atomic mass is 16.6. The topological polar surface area (TPSA) is 47.6 Å². The van der Waals surface area contributed by atoms with Crippen LogP contribution >= 0.6 is 0 Å². The first-order valence-electron chi connectivity index (χ1n) is 5.70. The van der Waals surface area contributed by atoms with Gasteiger partial charge in [-0.25, -0.2) is 0 Å². The monoisotopic (exact) mass is 237 g/mol. The number of ether oxygens (including phenoxy) is 2. The van der Waals surface area contributed by atoms with Crippen LogP contribution in [0, 0.1) is 6.92 Å². The Morgan fingerprint density at radius 1 is 1.29 bits per heavy atom. The van der Waals surface area contributed by atoms with Crippen LogP contribution in [-0.4, -0.2) is 32.3 Å². The van der Waals surface area contributed by atoms with Crippen LogP contribution in [0.25, 0.3) is 0 Å². The minimum absolute atomic E-state index is 0.272. The summed E-state index contributed by atoms with van der Waals surface area (Å²) in [5.41, 5.74) is 2.32. The van der Waals surface area contributed by atoms with Gasteiger partial charge in [-0.05, 0) is 24.6 Å². The first kappa shape index (κ1) is 13.5. The molecule has 0 heterocycles.